The highest BCUT2D eigenvalue weighted by Crippen LogP contribution is 2.32. The molecule has 6 nitrogen and oxygen atoms in total. The molecule has 0 amide bonds. The van der Waals surface area contributed by atoms with Gasteiger partial charge >= 0.3 is 0 Å². The third-order valence-electron chi connectivity index (χ3n) is 3.57. The fourth-order valence-corrected chi connectivity index (χ4v) is 2.47. The van der Waals surface area contributed by atoms with Gasteiger partial charge in [0.1, 0.15) is 0 Å². The predicted molar refractivity (Wildman–Crippen MR) is 83.5 cm³/mol. The number of benzene rings is 1. The number of para-hydroxylation sites is 1. The molecule has 3 aromatic heterocycles. The first-order chi connectivity index (χ1) is 10.8. The molecule has 0 atom stereocenters. The highest BCUT2D eigenvalue weighted by atomic mass is 16.5. The van der Waals surface area contributed by atoms with Crippen molar-refractivity contribution in [3.63, 3.8) is 0 Å². The van der Waals surface area contributed by atoms with E-state index in [9.17, 15) is 0 Å². The molecular formula is C16H13N5O. The van der Waals surface area contributed by atoms with Gasteiger partial charge in [-0.05, 0) is 18.2 Å². The second-order valence-electron chi connectivity index (χ2n) is 4.91. The molecule has 0 radical (unpaired) electrons. The van der Waals surface area contributed by atoms with Crippen LogP contribution in [-0.4, -0.2) is 32.5 Å². The normalized spacial score (nSPS) is 11.0. The van der Waals surface area contributed by atoms with Gasteiger partial charge in [0, 0.05) is 22.7 Å². The number of fused-ring (bicyclic) bond motifs is 1. The maximum Gasteiger partial charge on any atom is 0.242 e. The van der Waals surface area contributed by atoms with Crippen LogP contribution in [0.15, 0.2) is 48.8 Å². The Bertz CT molecular complexity index is 894. The van der Waals surface area contributed by atoms with Crippen molar-refractivity contribution >= 4 is 10.9 Å². The van der Waals surface area contributed by atoms with Gasteiger partial charge in [0.25, 0.3) is 0 Å². The van der Waals surface area contributed by atoms with E-state index < -0.39 is 0 Å². The zero-order chi connectivity index (χ0) is 14.9. The van der Waals surface area contributed by atoms with Gasteiger partial charge in [-0.1, -0.05) is 18.2 Å². The minimum atomic E-state index is 0.485. The molecule has 0 unspecified atom stereocenters. The summed E-state index contributed by atoms with van der Waals surface area (Å²) in [6.45, 7) is 0. The second kappa shape index (κ2) is 5.00. The fourth-order valence-electron chi connectivity index (χ4n) is 2.47. The third kappa shape index (κ3) is 2.01. The fraction of sp³-hybridized carbons (Fsp3) is 0.0625. The first kappa shape index (κ1) is 12.6. The van der Waals surface area contributed by atoms with Crippen molar-refractivity contribution < 1.29 is 4.74 Å². The summed E-state index contributed by atoms with van der Waals surface area (Å²) in [7, 11) is 1.59. The van der Waals surface area contributed by atoms with Crippen molar-refractivity contribution in [3.05, 3.63) is 48.8 Å². The Morgan fingerprint density at radius 2 is 2.00 bits per heavy atom. The van der Waals surface area contributed by atoms with Gasteiger partial charge in [-0.2, -0.15) is 5.10 Å². The number of aromatic nitrogens is 5. The first-order valence-corrected chi connectivity index (χ1v) is 6.84. The molecule has 0 aliphatic heterocycles. The largest absolute Gasteiger partial charge is 0.479 e. The zero-order valence-corrected chi connectivity index (χ0v) is 11.9. The van der Waals surface area contributed by atoms with E-state index in [1.54, 1.807) is 19.5 Å². The molecule has 108 valence electrons. The number of nitrogens with one attached hydrogen (secondary N) is 2. The van der Waals surface area contributed by atoms with E-state index in [1.807, 2.05) is 24.3 Å². The SMILES string of the molecule is COc1nnc(-c2cn[nH]c2)cc1-c1cc2ccccc2[nH]1. The van der Waals surface area contributed by atoms with Crippen LogP contribution in [0.3, 0.4) is 0 Å². The zero-order valence-electron chi connectivity index (χ0n) is 11.9. The van der Waals surface area contributed by atoms with Crippen LogP contribution in [0, 0.1) is 0 Å². The lowest BCUT2D eigenvalue weighted by molar-refractivity contribution is 0.394. The van der Waals surface area contributed by atoms with E-state index in [2.05, 4.69) is 37.5 Å². The van der Waals surface area contributed by atoms with Crippen molar-refractivity contribution in [3.8, 4) is 28.4 Å². The van der Waals surface area contributed by atoms with Crippen molar-refractivity contribution in [1.29, 1.82) is 0 Å². The van der Waals surface area contributed by atoms with Gasteiger partial charge in [0.15, 0.2) is 0 Å². The quantitative estimate of drug-likeness (QED) is 0.608. The summed E-state index contributed by atoms with van der Waals surface area (Å²) < 4.78 is 5.35. The molecule has 1 aromatic carbocycles. The van der Waals surface area contributed by atoms with Crippen molar-refractivity contribution in [2.75, 3.05) is 7.11 Å². The third-order valence-corrected chi connectivity index (χ3v) is 3.57. The second-order valence-corrected chi connectivity index (χ2v) is 4.91. The predicted octanol–water partition coefficient (Wildman–Crippen LogP) is 3.02. The number of aromatic amines is 2. The summed E-state index contributed by atoms with van der Waals surface area (Å²) in [4.78, 5) is 3.39. The molecule has 0 bridgehead atoms. The smallest absolute Gasteiger partial charge is 0.242 e. The number of hydrogen-bond acceptors (Lipinski definition) is 4. The molecule has 0 saturated heterocycles. The molecule has 0 spiro atoms. The molecular weight excluding hydrogens is 278 g/mol. The van der Waals surface area contributed by atoms with Gasteiger partial charge in [-0.3, -0.25) is 5.10 Å². The molecule has 0 fully saturated rings. The lowest BCUT2D eigenvalue weighted by Crippen LogP contribution is -1.96. The number of hydrogen-bond donors (Lipinski definition) is 2. The first-order valence-electron chi connectivity index (χ1n) is 6.84. The standard InChI is InChI=1S/C16H13N5O/c1-22-16-12(7-14(20-21-16)11-8-17-18-9-11)15-6-10-4-2-3-5-13(10)19-15/h2-9,19H,1H3,(H,17,18). The highest BCUT2D eigenvalue weighted by molar-refractivity contribution is 5.87. The molecule has 2 N–H and O–H groups in total. The Kier molecular flexibility index (Phi) is 2.86. The van der Waals surface area contributed by atoms with E-state index >= 15 is 0 Å². The number of methoxy groups -OCH3 is 1. The summed E-state index contributed by atoms with van der Waals surface area (Å²) in [5.41, 5.74) is 4.50. The maximum atomic E-state index is 5.35. The van der Waals surface area contributed by atoms with E-state index in [0.717, 1.165) is 33.4 Å². The summed E-state index contributed by atoms with van der Waals surface area (Å²) in [6, 6.07) is 12.1. The minimum Gasteiger partial charge on any atom is -0.479 e. The van der Waals surface area contributed by atoms with Crippen LogP contribution in [0.4, 0.5) is 0 Å². The number of H-pyrrole nitrogens is 2. The van der Waals surface area contributed by atoms with E-state index in [0.29, 0.717) is 5.88 Å². The lowest BCUT2D eigenvalue weighted by atomic mass is 10.1. The summed E-state index contributed by atoms with van der Waals surface area (Å²) in [5, 5.41) is 16.2. The molecule has 4 rings (SSSR count). The van der Waals surface area contributed by atoms with Crippen LogP contribution in [0.25, 0.3) is 33.4 Å². The number of ether oxygens (including phenoxy) is 1. The number of rotatable bonds is 3. The van der Waals surface area contributed by atoms with Crippen molar-refractivity contribution in [2.45, 2.75) is 0 Å². The number of nitrogens with zero attached hydrogens (tertiary/aromatic N) is 3. The van der Waals surface area contributed by atoms with Crippen molar-refractivity contribution in [2.24, 2.45) is 0 Å². The van der Waals surface area contributed by atoms with Crippen LogP contribution >= 0.6 is 0 Å². The average molecular weight is 291 g/mol. The molecule has 6 heteroatoms. The molecule has 4 aromatic rings. The van der Waals surface area contributed by atoms with Gasteiger partial charge in [-0.25, -0.2) is 0 Å². The lowest BCUT2D eigenvalue weighted by Gasteiger charge is -2.06. The van der Waals surface area contributed by atoms with Crippen LogP contribution in [0.1, 0.15) is 0 Å². The summed E-state index contributed by atoms with van der Waals surface area (Å²) in [5.74, 6) is 0.485. The van der Waals surface area contributed by atoms with E-state index in [1.165, 1.54) is 0 Å². The molecule has 0 aliphatic carbocycles. The average Bonchev–Trinajstić information content (AvgIpc) is 3.23. The Labute approximate surface area is 126 Å². The van der Waals surface area contributed by atoms with Gasteiger partial charge < -0.3 is 9.72 Å². The summed E-state index contributed by atoms with van der Waals surface area (Å²) in [6.07, 6.45) is 3.50. The van der Waals surface area contributed by atoms with Crippen LogP contribution in [-0.2, 0) is 0 Å². The Morgan fingerprint density at radius 1 is 1.09 bits per heavy atom. The highest BCUT2D eigenvalue weighted by Gasteiger charge is 2.13. The molecule has 22 heavy (non-hydrogen) atoms. The Hall–Kier alpha value is -3.15. The Morgan fingerprint density at radius 3 is 2.77 bits per heavy atom. The van der Waals surface area contributed by atoms with Crippen LogP contribution in [0.5, 0.6) is 5.88 Å². The maximum absolute atomic E-state index is 5.35. The van der Waals surface area contributed by atoms with Crippen molar-refractivity contribution in [1.82, 2.24) is 25.4 Å². The van der Waals surface area contributed by atoms with Crippen LogP contribution < -0.4 is 4.74 Å². The van der Waals surface area contributed by atoms with Gasteiger partial charge in [0.2, 0.25) is 5.88 Å². The van der Waals surface area contributed by atoms with Crippen LogP contribution in [0.2, 0.25) is 0 Å². The molecule has 0 aliphatic rings. The molecule has 3 heterocycles. The van der Waals surface area contributed by atoms with Gasteiger partial charge in [-0.15, -0.1) is 10.2 Å². The topological polar surface area (TPSA) is 79.5 Å². The Balaban J connectivity index is 1.90. The van der Waals surface area contributed by atoms with Gasteiger partial charge in [0.05, 0.1) is 30.3 Å². The van der Waals surface area contributed by atoms with E-state index in [-0.39, 0.29) is 0 Å². The monoisotopic (exact) mass is 291 g/mol. The minimum absolute atomic E-state index is 0.485. The van der Waals surface area contributed by atoms with E-state index in [4.69, 9.17) is 4.74 Å². The molecule has 0 saturated carbocycles. The summed E-state index contributed by atoms with van der Waals surface area (Å²) >= 11 is 0.